The third-order valence-corrected chi connectivity index (χ3v) is 4.81. The summed E-state index contributed by atoms with van der Waals surface area (Å²) >= 11 is 0. The molecule has 1 aromatic carbocycles. The van der Waals surface area contributed by atoms with Crippen LogP contribution in [-0.2, 0) is 9.53 Å². The molecule has 8 heteroatoms. The fourth-order valence-corrected chi connectivity index (χ4v) is 3.46. The van der Waals surface area contributed by atoms with Crippen molar-refractivity contribution >= 4 is 23.4 Å². The predicted molar refractivity (Wildman–Crippen MR) is 104 cm³/mol. The van der Waals surface area contributed by atoms with Gasteiger partial charge >= 0.3 is 5.97 Å². The Hall–Kier alpha value is -3.00. The molecule has 8 nitrogen and oxygen atoms in total. The molecule has 0 bridgehead atoms. The molecule has 2 heterocycles. The first-order valence-corrected chi connectivity index (χ1v) is 9.18. The summed E-state index contributed by atoms with van der Waals surface area (Å²) in [7, 11) is 0. The van der Waals surface area contributed by atoms with Gasteiger partial charge in [-0.25, -0.2) is 14.8 Å². The Bertz CT molecular complexity index is 902. The van der Waals surface area contributed by atoms with Crippen molar-refractivity contribution in [3.05, 3.63) is 47.4 Å². The number of nitrogens with zero attached hydrogens (tertiary/aromatic N) is 3. The highest BCUT2D eigenvalue weighted by Gasteiger charge is 2.40. The number of carbonyl (C=O) groups is 2. The van der Waals surface area contributed by atoms with Crippen LogP contribution in [0.5, 0.6) is 0 Å². The van der Waals surface area contributed by atoms with E-state index in [-0.39, 0.29) is 24.5 Å². The first-order valence-electron chi connectivity index (χ1n) is 9.18. The number of aromatic nitrogens is 2. The van der Waals surface area contributed by atoms with E-state index in [4.69, 9.17) is 4.74 Å². The first kappa shape index (κ1) is 19.8. The highest BCUT2D eigenvalue weighted by atomic mass is 16.5. The van der Waals surface area contributed by atoms with Gasteiger partial charge < -0.3 is 15.2 Å². The molecule has 0 saturated heterocycles. The van der Waals surface area contributed by atoms with E-state index in [1.165, 1.54) is 11.8 Å². The average molecular weight is 384 g/mol. The molecule has 1 aliphatic rings. The Morgan fingerprint density at radius 1 is 1.32 bits per heavy atom. The second-order valence-corrected chi connectivity index (χ2v) is 6.77. The zero-order valence-corrected chi connectivity index (χ0v) is 16.3. The SMILES string of the molecule is CCOC(=O)c1ccc2c(c1)[C@H](Nc1ccnc(C)n1)[C@@H](C)[C@H](O)N2C(C)=O. The number of hydrogen-bond acceptors (Lipinski definition) is 7. The van der Waals surface area contributed by atoms with Gasteiger partial charge in [0.1, 0.15) is 17.9 Å². The maximum atomic E-state index is 12.2. The summed E-state index contributed by atoms with van der Waals surface area (Å²) in [6.45, 7) is 7.04. The molecule has 0 aliphatic carbocycles. The maximum absolute atomic E-state index is 12.2. The van der Waals surface area contributed by atoms with Crippen molar-refractivity contribution in [1.29, 1.82) is 0 Å². The molecule has 1 amide bonds. The number of esters is 1. The first-order chi connectivity index (χ1) is 13.3. The van der Waals surface area contributed by atoms with Gasteiger partial charge in [-0.3, -0.25) is 9.69 Å². The molecule has 28 heavy (non-hydrogen) atoms. The molecule has 3 rings (SSSR count). The summed E-state index contributed by atoms with van der Waals surface area (Å²) in [6, 6.07) is 6.33. The van der Waals surface area contributed by atoms with Crippen LogP contribution in [-0.4, -0.2) is 39.8 Å². The molecule has 148 valence electrons. The fraction of sp³-hybridized carbons (Fsp3) is 0.400. The lowest BCUT2D eigenvalue weighted by Gasteiger charge is -2.42. The van der Waals surface area contributed by atoms with Crippen LogP contribution in [0.2, 0.25) is 0 Å². The molecule has 0 unspecified atom stereocenters. The maximum Gasteiger partial charge on any atom is 0.338 e. The number of nitrogens with one attached hydrogen (secondary N) is 1. The van der Waals surface area contributed by atoms with Crippen molar-refractivity contribution in [3.63, 3.8) is 0 Å². The number of hydrogen-bond donors (Lipinski definition) is 2. The van der Waals surface area contributed by atoms with Gasteiger partial charge in [-0.1, -0.05) is 6.92 Å². The molecule has 2 aromatic rings. The molecular weight excluding hydrogens is 360 g/mol. The van der Waals surface area contributed by atoms with Crippen LogP contribution in [0.25, 0.3) is 0 Å². The standard InChI is InChI=1S/C20H24N4O4/c1-5-28-20(27)14-6-7-16-15(10-14)18(11(2)19(26)24(16)13(4)25)23-17-8-9-21-12(3)22-17/h6-11,18-19,26H,5H2,1-4H3,(H,21,22,23)/t11-,18-,19+/m1/s1. The van der Waals surface area contributed by atoms with Crippen molar-refractivity contribution in [2.45, 2.75) is 40.0 Å². The lowest BCUT2D eigenvalue weighted by Crippen LogP contribution is -2.50. The number of anilines is 2. The van der Waals surface area contributed by atoms with E-state index in [0.717, 1.165) is 5.56 Å². The Kier molecular flexibility index (Phi) is 5.60. The van der Waals surface area contributed by atoms with Crippen molar-refractivity contribution in [2.75, 3.05) is 16.8 Å². The number of fused-ring (bicyclic) bond motifs is 1. The topological polar surface area (TPSA) is 105 Å². The van der Waals surface area contributed by atoms with E-state index in [0.29, 0.717) is 22.9 Å². The Balaban J connectivity index is 2.09. The van der Waals surface area contributed by atoms with Crippen LogP contribution in [0.1, 0.15) is 48.6 Å². The Morgan fingerprint density at radius 3 is 2.71 bits per heavy atom. The van der Waals surface area contributed by atoms with E-state index in [2.05, 4.69) is 15.3 Å². The molecule has 0 fully saturated rings. The quantitative estimate of drug-likeness (QED) is 0.780. The van der Waals surface area contributed by atoms with Crippen LogP contribution in [0.15, 0.2) is 30.5 Å². The molecule has 3 atom stereocenters. The van der Waals surface area contributed by atoms with E-state index in [1.54, 1.807) is 44.3 Å². The van der Waals surface area contributed by atoms with Gasteiger partial charge in [0.2, 0.25) is 5.91 Å². The van der Waals surface area contributed by atoms with Crippen LogP contribution in [0.3, 0.4) is 0 Å². The number of aliphatic hydroxyl groups is 1. The molecule has 1 aliphatic heterocycles. The highest BCUT2D eigenvalue weighted by Crippen LogP contribution is 2.42. The number of rotatable bonds is 4. The number of amides is 1. The summed E-state index contributed by atoms with van der Waals surface area (Å²) in [4.78, 5) is 34.2. The van der Waals surface area contributed by atoms with Gasteiger partial charge in [0.25, 0.3) is 0 Å². The van der Waals surface area contributed by atoms with Crippen LogP contribution in [0.4, 0.5) is 11.5 Å². The van der Waals surface area contributed by atoms with Gasteiger partial charge in [-0.2, -0.15) is 0 Å². The fourth-order valence-electron chi connectivity index (χ4n) is 3.46. The van der Waals surface area contributed by atoms with Gasteiger partial charge in [-0.05, 0) is 43.7 Å². The zero-order valence-electron chi connectivity index (χ0n) is 16.3. The minimum absolute atomic E-state index is 0.270. The highest BCUT2D eigenvalue weighted by molar-refractivity contribution is 5.96. The van der Waals surface area contributed by atoms with Crippen LogP contribution >= 0.6 is 0 Å². The largest absolute Gasteiger partial charge is 0.462 e. The van der Waals surface area contributed by atoms with Crippen LogP contribution < -0.4 is 10.2 Å². The van der Waals surface area contributed by atoms with Crippen molar-refractivity contribution in [2.24, 2.45) is 5.92 Å². The molecular formula is C20H24N4O4. The smallest absolute Gasteiger partial charge is 0.338 e. The monoisotopic (exact) mass is 384 g/mol. The summed E-state index contributed by atoms with van der Waals surface area (Å²) in [5, 5.41) is 14.1. The Labute approximate surface area is 163 Å². The number of aliphatic hydroxyl groups excluding tert-OH is 1. The number of benzene rings is 1. The lowest BCUT2D eigenvalue weighted by atomic mass is 9.85. The zero-order chi connectivity index (χ0) is 20.4. The van der Waals surface area contributed by atoms with E-state index in [9.17, 15) is 14.7 Å². The summed E-state index contributed by atoms with van der Waals surface area (Å²) in [6.07, 6.45) is 0.630. The van der Waals surface area contributed by atoms with Gasteiger partial charge in [0.05, 0.1) is 23.9 Å². The van der Waals surface area contributed by atoms with E-state index >= 15 is 0 Å². The van der Waals surface area contributed by atoms with Crippen molar-refractivity contribution in [1.82, 2.24) is 9.97 Å². The Morgan fingerprint density at radius 2 is 2.07 bits per heavy atom. The summed E-state index contributed by atoms with van der Waals surface area (Å²) in [5.74, 6) is 0.139. The molecule has 0 spiro atoms. The van der Waals surface area contributed by atoms with Crippen molar-refractivity contribution < 1.29 is 19.4 Å². The molecule has 0 saturated carbocycles. The third-order valence-electron chi connectivity index (χ3n) is 4.81. The average Bonchev–Trinajstić information content (AvgIpc) is 2.65. The summed E-state index contributed by atoms with van der Waals surface area (Å²) in [5.41, 5.74) is 1.66. The normalized spacial score (nSPS) is 21.0. The van der Waals surface area contributed by atoms with Crippen molar-refractivity contribution in [3.8, 4) is 0 Å². The second-order valence-electron chi connectivity index (χ2n) is 6.77. The van der Waals surface area contributed by atoms with Gasteiger partial charge in [-0.15, -0.1) is 0 Å². The second kappa shape index (κ2) is 7.93. The molecule has 2 N–H and O–H groups in total. The minimum atomic E-state index is -1.01. The predicted octanol–water partition coefficient (Wildman–Crippen LogP) is 2.44. The minimum Gasteiger partial charge on any atom is -0.462 e. The molecule has 1 aromatic heterocycles. The lowest BCUT2D eigenvalue weighted by molar-refractivity contribution is -0.119. The van der Waals surface area contributed by atoms with E-state index in [1.807, 2.05) is 6.92 Å². The summed E-state index contributed by atoms with van der Waals surface area (Å²) < 4.78 is 5.10. The van der Waals surface area contributed by atoms with Gasteiger partial charge in [0, 0.05) is 19.0 Å². The van der Waals surface area contributed by atoms with E-state index < -0.39 is 12.2 Å². The van der Waals surface area contributed by atoms with Gasteiger partial charge in [0.15, 0.2) is 0 Å². The third kappa shape index (κ3) is 3.68. The van der Waals surface area contributed by atoms with Crippen LogP contribution in [0, 0.1) is 12.8 Å². The number of ether oxygens (including phenoxy) is 1. The number of aryl methyl sites for hydroxylation is 1. The number of carbonyl (C=O) groups excluding carboxylic acids is 2. The molecule has 0 radical (unpaired) electrons.